The molecular formula is C15H23ClO2S. The van der Waals surface area contributed by atoms with Crippen LogP contribution in [0.25, 0.3) is 0 Å². The first-order chi connectivity index (χ1) is 8.68. The van der Waals surface area contributed by atoms with Gasteiger partial charge in [-0.15, -0.1) is 11.6 Å². The quantitative estimate of drug-likeness (QED) is 0.768. The van der Waals surface area contributed by atoms with Gasteiger partial charge >= 0.3 is 0 Å². The first kappa shape index (κ1) is 16.5. The van der Waals surface area contributed by atoms with Crippen LogP contribution in [0.15, 0.2) is 29.2 Å². The number of benzene rings is 1. The summed E-state index contributed by atoms with van der Waals surface area (Å²) in [4.78, 5) is 0.437. The van der Waals surface area contributed by atoms with E-state index < -0.39 is 9.84 Å². The number of rotatable bonds is 5. The molecule has 1 aromatic carbocycles. The van der Waals surface area contributed by atoms with E-state index in [-0.39, 0.29) is 16.5 Å². The molecule has 1 aromatic rings. The Morgan fingerprint density at radius 1 is 1.21 bits per heavy atom. The van der Waals surface area contributed by atoms with E-state index in [1.54, 1.807) is 12.1 Å². The molecule has 0 N–H and O–H groups in total. The summed E-state index contributed by atoms with van der Waals surface area (Å²) in [6, 6.07) is 7.19. The summed E-state index contributed by atoms with van der Waals surface area (Å²) < 4.78 is 24.5. The van der Waals surface area contributed by atoms with Gasteiger partial charge in [0.25, 0.3) is 0 Å². The Morgan fingerprint density at radius 3 is 2.32 bits per heavy atom. The van der Waals surface area contributed by atoms with Crippen LogP contribution in [-0.4, -0.2) is 19.5 Å². The lowest BCUT2D eigenvalue weighted by Crippen LogP contribution is -2.24. The van der Waals surface area contributed by atoms with Gasteiger partial charge in [-0.1, -0.05) is 45.9 Å². The maximum absolute atomic E-state index is 12.2. The number of alkyl halides is 1. The Bertz CT molecular complexity index is 515. The highest BCUT2D eigenvalue weighted by Crippen LogP contribution is 2.29. The van der Waals surface area contributed by atoms with Crippen molar-refractivity contribution in [3.63, 3.8) is 0 Å². The summed E-state index contributed by atoms with van der Waals surface area (Å²) in [5.74, 6) is 0.187. The average molecular weight is 303 g/mol. The highest BCUT2D eigenvalue weighted by molar-refractivity contribution is 7.91. The van der Waals surface area contributed by atoms with Gasteiger partial charge in [0, 0.05) is 5.38 Å². The normalized spacial score (nSPS) is 14.4. The van der Waals surface area contributed by atoms with Crippen LogP contribution in [0.4, 0.5) is 0 Å². The van der Waals surface area contributed by atoms with Crippen molar-refractivity contribution < 1.29 is 8.42 Å². The van der Waals surface area contributed by atoms with Crippen molar-refractivity contribution in [1.29, 1.82) is 0 Å². The lowest BCUT2D eigenvalue weighted by molar-refractivity contribution is 0.385. The molecule has 0 radical (unpaired) electrons. The maximum atomic E-state index is 12.2. The van der Waals surface area contributed by atoms with Crippen molar-refractivity contribution >= 4 is 21.4 Å². The van der Waals surface area contributed by atoms with Gasteiger partial charge in [-0.05, 0) is 29.9 Å². The maximum Gasteiger partial charge on any atom is 0.178 e. The SMILES string of the molecule is CCCS(=O)(=O)c1ccccc1CC(Cl)C(C)(C)C. The number of hydrogen-bond acceptors (Lipinski definition) is 2. The minimum Gasteiger partial charge on any atom is -0.224 e. The van der Waals surface area contributed by atoms with Crippen molar-refractivity contribution in [2.24, 2.45) is 5.41 Å². The largest absolute Gasteiger partial charge is 0.224 e. The zero-order valence-electron chi connectivity index (χ0n) is 12.1. The number of halogens is 1. The van der Waals surface area contributed by atoms with Crippen molar-refractivity contribution in [3.8, 4) is 0 Å². The molecule has 2 nitrogen and oxygen atoms in total. The van der Waals surface area contributed by atoms with Crippen molar-refractivity contribution in [3.05, 3.63) is 29.8 Å². The molecule has 0 aliphatic carbocycles. The van der Waals surface area contributed by atoms with Gasteiger partial charge in [-0.25, -0.2) is 8.42 Å². The van der Waals surface area contributed by atoms with Gasteiger partial charge in [0.05, 0.1) is 10.6 Å². The summed E-state index contributed by atoms with van der Waals surface area (Å²) in [6.07, 6.45) is 1.20. The highest BCUT2D eigenvalue weighted by Gasteiger charge is 2.25. The molecule has 0 amide bonds. The molecule has 108 valence electrons. The average Bonchev–Trinajstić information content (AvgIpc) is 2.28. The molecule has 0 aliphatic rings. The third-order valence-corrected chi connectivity index (χ3v) is 5.94. The predicted molar refractivity (Wildman–Crippen MR) is 81.6 cm³/mol. The van der Waals surface area contributed by atoms with Gasteiger partial charge in [0.2, 0.25) is 0 Å². The standard InChI is InChI=1S/C15H23ClO2S/c1-5-10-19(17,18)13-9-7-6-8-12(13)11-14(16)15(2,3)4/h6-9,14H,5,10-11H2,1-4H3. The van der Waals surface area contributed by atoms with Gasteiger partial charge in [0.15, 0.2) is 9.84 Å². The van der Waals surface area contributed by atoms with Crippen LogP contribution in [0, 0.1) is 5.41 Å². The molecule has 1 unspecified atom stereocenters. The Hall–Kier alpha value is -0.540. The molecule has 0 bridgehead atoms. The topological polar surface area (TPSA) is 34.1 Å². The monoisotopic (exact) mass is 302 g/mol. The van der Waals surface area contributed by atoms with E-state index >= 15 is 0 Å². The van der Waals surface area contributed by atoms with E-state index in [4.69, 9.17) is 11.6 Å². The van der Waals surface area contributed by atoms with Crippen LogP contribution < -0.4 is 0 Å². The molecule has 0 fully saturated rings. The van der Waals surface area contributed by atoms with E-state index in [1.807, 2.05) is 19.1 Å². The zero-order chi connectivity index (χ0) is 14.7. The Balaban J connectivity index is 3.11. The van der Waals surface area contributed by atoms with Crippen molar-refractivity contribution in [2.45, 2.75) is 50.8 Å². The van der Waals surface area contributed by atoms with Gasteiger partial charge in [-0.3, -0.25) is 0 Å². The van der Waals surface area contributed by atoms with Crippen LogP contribution in [0.3, 0.4) is 0 Å². The van der Waals surface area contributed by atoms with Crippen molar-refractivity contribution in [2.75, 3.05) is 5.75 Å². The smallest absolute Gasteiger partial charge is 0.178 e. The fourth-order valence-electron chi connectivity index (χ4n) is 1.85. The second kappa shape index (κ2) is 6.27. The Morgan fingerprint density at radius 2 is 1.79 bits per heavy atom. The fraction of sp³-hybridized carbons (Fsp3) is 0.600. The second-order valence-electron chi connectivity index (χ2n) is 5.96. The fourth-order valence-corrected chi connectivity index (χ4v) is 3.61. The summed E-state index contributed by atoms with van der Waals surface area (Å²) in [6.45, 7) is 8.06. The van der Waals surface area contributed by atoms with E-state index in [9.17, 15) is 8.42 Å². The zero-order valence-corrected chi connectivity index (χ0v) is 13.7. The third-order valence-electron chi connectivity index (χ3n) is 3.12. The number of sulfone groups is 1. The molecular weight excluding hydrogens is 280 g/mol. The van der Waals surface area contributed by atoms with Gasteiger partial charge < -0.3 is 0 Å². The Labute approximate surface area is 122 Å². The first-order valence-corrected chi connectivity index (χ1v) is 8.72. The van der Waals surface area contributed by atoms with Crippen LogP contribution in [0.1, 0.15) is 39.7 Å². The molecule has 1 rings (SSSR count). The Kier molecular flexibility index (Phi) is 5.45. The van der Waals surface area contributed by atoms with E-state index in [2.05, 4.69) is 20.8 Å². The molecule has 1 atom stereocenters. The molecule has 0 aliphatic heterocycles. The molecule has 0 heterocycles. The third kappa shape index (κ3) is 4.50. The number of hydrogen-bond donors (Lipinski definition) is 0. The van der Waals surface area contributed by atoms with Crippen LogP contribution in [-0.2, 0) is 16.3 Å². The molecule has 19 heavy (non-hydrogen) atoms. The molecule has 0 saturated heterocycles. The van der Waals surface area contributed by atoms with Crippen LogP contribution in [0.5, 0.6) is 0 Å². The highest BCUT2D eigenvalue weighted by atomic mass is 35.5. The first-order valence-electron chi connectivity index (χ1n) is 6.63. The van der Waals surface area contributed by atoms with E-state index in [0.29, 0.717) is 17.7 Å². The van der Waals surface area contributed by atoms with Gasteiger partial charge in [0.1, 0.15) is 0 Å². The summed E-state index contributed by atoms with van der Waals surface area (Å²) >= 11 is 6.40. The lowest BCUT2D eigenvalue weighted by atomic mass is 9.88. The van der Waals surface area contributed by atoms with E-state index in [1.165, 1.54) is 0 Å². The van der Waals surface area contributed by atoms with Crippen LogP contribution in [0.2, 0.25) is 0 Å². The molecule has 0 saturated carbocycles. The summed E-state index contributed by atoms with van der Waals surface area (Å²) in [5.41, 5.74) is 0.772. The van der Waals surface area contributed by atoms with Gasteiger partial charge in [-0.2, -0.15) is 0 Å². The molecule has 0 aromatic heterocycles. The van der Waals surface area contributed by atoms with Crippen molar-refractivity contribution in [1.82, 2.24) is 0 Å². The van der Waals surface area contributed by atoms with Crippen LogP contribution >= 0.6 is 11.6 Å². The summed E-state index contributed by atoms with van der Waals surface area (Å²) in [7, 11) is -3.19. The lowest BCUT2D eigenvalue weighted by Gasteiger charge is -2.25. The minimum absolute atomic E-state index is 0.0524. The summed E-state index contributed by atoms with van der Waals surface area (Å²) in [5, 5.41) is -0.0922. The molecule has 4 heteroatoms. The predicted octanol–water partition coefficient (Wildman–Crippen LogP) is 4.07. The van der Waals surface area contributed by atoms with E-state index in [0.717, 1.165) is 5.56 Å². The molecule has 0 spiro atoms. The second-order valence-corrected chi connectivity index (χ2v) is 8.57. The minimum atomic E-state index is -3.19.